The van der Waals surface area contributed by atoms with Crippen LogP contribution in [0.15, 0.2) is 102 Å². The van der Waals surface area contributed by atoms with Gasteiger partial charge in [0.1, 0.15) is 13.2 Å². The van der Waals surface area contributed by atoms with Crippen molar-refractivity contribution < 1.29 is 38.4 Å². The maximum absolute atomic E-state index is 12.5. The summed E-state index contributed by atoms with van der Waals surface area (Å²) in [6.07, 6.45) is 2.75. The average Bonchev–Trinajstić information content (AvgIpc) is 3.13. The van der Waals surface area contributed by atoms with Gasteiger partial charge in [-0.15, -0.1) is 6.58 Å². The highest BCUT2D eigenvalue weighted by atomic mass is 16.5. The molecule has 0 bridgehead atoms. The van der Waals surface area contributed by atoms with Crippen molar-refractivity contribution in [3.63, 3.8) is 0 Å². The summed E-state index contributed by atoms with van der Waals surface area (Å²) >= 11 is 0. The first-order valence-corrected chi connectivity index (χ1v) is 17.0. The number of carbonyl (C=O) groups excluding carboxylic acids is 2. The van der Waals surface area contributed by atoms with Crippen LogP contribution in [0.25, 0.3) is 10.8 Å². The van der Waals surface area contributed by atoms with Crippen molar-refractivity contribution in [3.8, 4) is 23.0 Å². The van der Waals surface area contributed by atoms with Gasteiger partial charge < -0.3 is 39.4 Å². The van der Waals surface area contributed by atoms with E-state index in [1.165, 1.54) is 7.11 Å². The SMILES string of the molecule is C=CCc1cc(/C=N\N[C@H](O)COc2ccc([C@H]3NC(=O)NC(C)=C3C(=O)OC)cc2OCC)cc(OCC)c1OCc1cccc2ccccc12. The summed E-state index contributed by atoms with van der Waals surface area (Å²) in [6.45, 7) is 10.2. The highest BCUT2D eigenvalue weighted by Gasteiger charge is 2.32. The Bertz CT molecular complexity index is 1970. The van der Waals surface area contributed by atoms with Crippen molar-refractivity contribution in [2.24, 2.45) is 5.10 Å². The number of aliphatic hydroxyl groups excluding tert-OH is 1. The zero-order valence-corrected chi connectivity index (χ0v) is 29.7. The van der Waals surface area contributed by atoms with Gasteiger partial charge in [0, 0.05) is 11.3 Å². The van der Waals surface area contributed by atoms with Crippen molar-refractivity contribution in [1.29, 1.82) is 0 Å². The molecule has 0 saturated carbocycles. The first-order chi connectivity index (χ1) is 25.3. The molecule has 0 aromatic heterocycles. The number of benzene rings is 4. The number of aliphatic hydroxyl groups is 1. The Morgan fingerprint density at radius 2 is 1.73 bits per heavy atom. The van der Waals surface area contributed by atoms with Gasteiger partial charge in [0.05, 0.1) is 38.2 Å². The summed E-state index contributed by atoms with van der Waals surface area (Å²) in [4.78, 5) is 24.8. The van der Waals surface area contributed by atoms with E-state index in [2.05, 4.69) is 52.0 Å². The number of nitrogens with zero attached hydrogens (tertiary/aromatic N) is 1. The number of fused-ring (bicyclic) bond motifs is 1. The van der Waals surface area contributed by atoms with Crippen LogP contribution in [0.2, 0.25) is 0 Å². The lowest BCUT2D eigenvalue weighted by Crippen LogP contribution is -2.45. The predicted molar refractivity (Wildman–Crippen MR) is 199 cm³/mol. The lowest BCUT2D eigenvalue weighted by atomic mass is 9.95. The maximum Gasteiger partial charge on any atom is 0.337 e. The van der Waals surface area contributed by atoms with Gasteiger partial charge in [0.25, 0.3) is 0 Å². The van der Waals surface area contributed by atoms with Crippen LogP contribution in [0.5, 0.6) is 23.0 Å². The van der Waals surface area contributed by atoms with Crippen LogP contribution in [0.4, 0.5) is 4.79 Å². The fourth-order valence-electron chi connectivity index (χ4n) is 5.88. The molecule has 0 spiro atoms. The number of hydrogen-bond donors (Lipinski definition) is 4. The van der Waals surface area contributed by atoms with Crippen molar-refractivity contribution in [3.05, 3.63) is 119 Å². The number of carbonyl (C=O) groups is 2. The summed E-state index contributed by atoms with van der Waals surface area (Å²) in [6, 6.07) is 21.9. The number of hydrazone groups is 1. The van der Waals surface area contributed by atoms with E-state index in [-0.39, 0.29) is 12.2 Å². The molecule has 12 heteroatoms. The molecule has 0 aliphatic carbocycles. The molecule has 4 N–H and O–H groups in total. The topological polar surface area (TPSA) is 149 Å². The lowest BCUT2D eigenvalue weighted by Gasteiger charge is -2.28. The predicted octanol–water partition coefficient (Wildman–Crippen LogP) is 6.07. The first kappa shape index (κ1) is 37.3. The molecular formula is C40H44N4O8. The molecule has 0 radical (unpaired) electrons. The monoisotopic (exact) mass is 708 g/mol. The number of amides is 2. The van der Waals surface area contributed by atoms with Gasteiger partial charge in [0.15, 0.2) is 29.2 Å². The Kier molecular flexibility index (Phi) is 12.7. The normalized spacial score (nSPS) is 14.7. The van der Waals surface area contributed by atoms with E-state index in [1.807, 2.05) is 44.2 Å². The van der Waals surface area contributed by atoms with Crippen LogP contribution < -0.4 is 35.0 Å². The van der Waals surface area contributed by atoms with Crippen LogP contribution in [0.3, 0.4) is 0 Å². The molecule has 1 aliphatic heterocycles. The zero-order chi connectivity index (χ0) is 37.0. The van der Waals surface area contributed by atoms with Crippen molar-refractivity contribution in [2.45, 2.75) is 46.1 Å². The van der Waals surface area contributed by atoms with E-state index in [0.29, 0.717) is 60.5 Å². The van der Waals surface area contributed by atoms with E-state index in [4.69, 9.17) is 23.7 Å². The largest absolute Gasteiger partial charge is 0.490 e. The summed E-state index contributed by atoms with van der Waals surface area (Å²) in [5.41, 5.74) is 6.60. The molecule has 52 heavy (non-hydrogen) atoms. The zero-order valence-electron chi connectivity index (χ0n) is 29.7. The van der Waals surface area contributed by atoms with Gasteiger partial charge in [-0.2, -0.15) is 5.10 Å². The number of hydrogen-bond acceptors (Lipinski definition) is 10. The molecule has 5 rings (SSSR count). The lowest BCUT2D eigenvalue weighted by molar-refractivity contribution is -0.136. The van der Waals surface area contributed by atoms with Gasteiger partial charge in [-0.05, 0) is 78.9 Å². The third-order valence-electron chi connectivity index (χ3n) is 8.18. The minimum atomic E-state index is -1.17. The smallest absolute Gasteiger partial charge is 0.337 e. The van der Waals surface area contributed by atoms with Crippen LogP contribution in [0.1, 0.15) is 49.1 Å². The Labute approximate surface area is 303 Å². The molecule has 2 amide bonds. The van der Waals surface area contributed by atoms with E-state index < -0.39 is 24.3 Å². The summed E-state index contributed by atoms with van der Waals surface area (Å²) < 4.78 is 29.0. The molecule has 0 fully saturated rings. The van der Waals surface area contributed by atoms with Gasteiger partial charge in [-0.3, -0.25) is 5.43 Å². The molecule has 4 aromatic carbocycles. The number of nitrogens with one attached hydrogen (secondary N) is 3. The molecule has 1 heterocycles. The summed E-state index contributed by atoms with van der Waals surface area (Å²) in [7, 11) is 1.28. The quantitative estimate of drug-likeness (QED) is 0.0337. The molecular weight excluding hydrogens is 664 g/mol. The number of ether oxygens (including phenoxy) is 5. The number of esters is 1. The first-order valence-electron chi connectivity index (χ1n) is 17.0. The van der Waals surface area contributed by atoms with Crippen LogP contribution in [-0.2, 0) is 22.6 Å². The standard InChI is InChI=1S/C40H44N4O8/c1-6-12-29-19-26(20-34(50-8-3)38(29)52-23-30-15-11-14-27-13-9-10-16-31(27)30)22-41-44-35(45)24-51-32-18-17-28(21-33(32)49-7-2)37-36(39(46)48-5)25(4)42-40(47)43-37/h6,9-11,13-22,35,37,44-45H,1,7-8,12,23-24H2,2-5H3,(H2,42,43,47)/b41-22-/t35-,37-/m1/s1. The summed E-state index contributed by atoms with van der Waals surface area (Å²) in [5.74, 6) is 1.36. The highest BCUT2D eigenvalue weighted by Crippen LogP contribution is 2.36. The number of allylic oxidation sites excluding steroid dienone is 2. The number of urea groups is 1. The highest BCUT2D eigenvalue weighted by molar-refractivity contribution is 5.95. The molecule has 12 nitrogen and oxygen atoms in total. The minimum absolute atomic E-state index is 0.167. The van der Waals surface area contributed by atoms with E-state index >= 15 is 0 Å². The van der Waals surface area contributed by atoms with Gasteiger partial charge in [-0.25, -0.2) is 9.59 Å². The maximum atomic E-state index is 12.5. The Morgan fingerprint density at radius 3 is 2.50 bits per heavy atom. The minimum Gasteiger partial charge on any atom is -0.490 e. The van der Waals surface area contributed by atoms with Gasteiger partial charge in [0.2, 0.25) is 0 Å². The molecule has 1 aliphatic rings. The fourth-order valence-corrected chi connectivity index (χ4v) is 5.88. The van der Waals surface area contributed by atoms with Crippen molar-refractivity contribution in [1.82, 2.24) is 16.1 Å². The fraction of sp³-hybridized carbons (Fsp3) is 0.275. The van der Waals surface area contributed by atoms with Crippen LogP contribution >= 0.6 is 0 Å². The average molecular weight is 709 g/mol. The Morgan fingerprint density at radius 1 is 0.962 bits per heavy atom. The third kappa shape index (κ3) is 9.01. The van der Waals surface area contributed by atoms with Gasteiger partial charge >= 0.3 is 12.0 Å². The summed E-state index contributed by atoms with van der Waals surface area (Å²) in [5, 5.41) is 22.5. The second-order valence-corrected chi connectivity index (χ2v) is 11.8. The number of rotatable bonds is 17. The Hall–Kier alpha value is -6.01. The van der Waals surface area contributed by atoms with Crippen LogP contribution in [0, 0.1) is 0 Å². The molecule has 4 aromatic rings. The molecule has 0 unspecified atom stereocenters. The third-order valence-corrected chi connectivity index (χ3v) is 8.18. The Balaban J connectivity index is 1.26. The van der Waals surface area contributed by atoms with E-state index in [1.54, 1.807) is 37.4 Å². The van der Waals surface area contributed by atoms with Crippen molar-refractivity contribution >= 4 is 29.0 Å². The number of methoxy groups -OCH3 is 1. The van der Waals surface area contributed by atoms with E-state index in [0.717, 1.165) is 27.5 Å². The van der Waals surface area contributed by atoms with E-state index in [9.17, 15) is 14.7 Å². The molecule has 272 valence electrons. The second-order valence-electron chi connectivity index (χ2n) is 11.8. The van der Waals surface area contributed by atoms with Crippen LogP contribution in [-0.4, -0.2) is 56.5 Å². The molecule has 2 atom stereocenters. The molecule has 0 saturated heterocycles. The van der Waals surface area contributed by atoms with Gasteiger partial charge in [-0.1, -0.05) is 54.6 Å². The second kappa shape index (κ2) is 17.8. The van der Waals surface area contributed by atoms with Crippen molar-refractivity contribution in [2.75, 3.05) is 26.9 Å².